The molecule has 0 amide bonds. The lowest BCUT2D eigenvalue weighted by molar-refractivity contribution is -0.0262. The van der Waals surface area contributed by atoms with Gasteiger partial charge in [-0.2, -0.15) is 4.98 Å². The van der Waals surface area contributed by atoms with Gasteiger partial charge in [-0.1, -0.05) is 20.8 Å². The van der Waals surface area contributed by atoms with E-state index in [0.29, 0.717) is 18.2 Å². The molecule has 0 saturated heterocycles. The molecule has 2 fully saturated rings. The summed E-state index contributed by atoms with van der Waals surface area (Å²) in [6.07, 6.45) is 1.95. The van der Waals surface area contributed by atoms with Crippen molar-refractivity contribution in [2.24, 2.45) is 11.3 Å². The van der Waals surface area contributed by atoms with Gasteiger partial charge in [-0.3, -0.25) is 4.98 Å². The van der Waals surface area contributed by atoms with Crippen LogP contribution in [0, 0.1) is 18.3 Å². The molecule has 176 valence electrons. The zero-order valence-corrected chi connectivity index (χ0v) is 20.2. The smallest absolute Gasteiger partial charge is 0.225 e. The molecule has 9 nitrogen and oxygen atoms in total. The summed E-state index contributed by atoms with van der Waals surface area (Å²) >= 11 is 1.53. The SMILES string of the molecule is Cc1nc(N[C@H](C)C(C)(C)C)nc(N[C@@H]2C[C@@H]3C(O)[C@]3(O)[C@H]2O)c1-c1nc2cnccc2s1. The van der Waals surface area contributed by atoms with Crippen molar-refractivity contribution in [2.45, 2.75) is 70.9 Å². The number of hydrogen-bond acceptors (Lipinski definition) is 10. The number of aliphatic hydroxyl groups is 3. The van der Waals surface area contributed by atoms with Crippen LogP contribution in [-0.4, -0.2) is 65.1 Å². The number of rotatable bonds is 5. The number of aromatic nitrogens is 4. The fourth-order valence-corrected chi connectivity index (χ4v) is 5.52. The van der Waals surface area contributed by atoms with Crippen LogP contribution in [0.5, 0.6) is 0 Å². The van der Waals surface area contributed by atoms with Crippen molar-refractivity contribution in [2.75, 3.05) is 10.6 Å². The quantitative estimate of drug-likeness (QED) is 0.381. The van der Waals surface area contributed by atoms with E-state index in [1.807, 2.05) is 13.0 Å². The lowest BCUT2D eigenvalue weighted by atomic mass is 9.88. The number of fused-ring (bicyclic) bond motifs is 2. The standard InChI is InChI=1S/C23H30N6O3S/c1-10-16(20-28-14-9-24-7-6-15(14)33-20)19(29-21(25-10)26-11(2)22(3,4)5)27-13-8-12-17(30)23(12,32)18(13)31/h6-7,9,11-13,17-18,30-32H,8H2,1-5H3,(H2,25,26,27,29)/t11-,12-,13-,17?,18+,23+/m1/s1. The number of hydrogen-bond donors (Lipinski definition) is 5. The summed E-state index contributed by atoms with van der Waals surface area (Å²) < 4.78 is 1.01. The topological polar surface area (TPSA) is 136 Å². The van der Waals surface area contributed by atoms with Gasteiger partial charge in [0.2, 0.25) is 5.95 Å². The highest BCUT2D eigenvalue weighted by Gasteiger charge is 2.74. The van der Waals surface area contributed by atoms with Crippen LogP contribution >= 0.6 is 11.3 Å². The van der Waals surface area contributed by atoms with Crippen LogP contribution in [0.15, 0.2) is 18.5 Å². The number of pyridine rings is 1. The van der Waals surface area contributed by atoms with Crippen molar-refractivity contribution in [3.05, 3.63) is 24.2 Å². The van der Waals surface area contributed by atoms with E-state index in [1.54, 1.807) is 12.4 Å². The third-order valence-corrected chi connectivity index (χ3v) is 8.22. The molecule has 5 rings (SSSR count). The monoisotopic (exact) mass is 470 g/mol. The Morgan fingerprint density at radius 1 is 1.18 bits per heavy atom. The first-order valence-electron chi connectivity index (χ1n) is 11.2. The first-order valence-corrected chi connectivity index (χ1v) is 12.0. The van der Waals surface area contributed by atoms with Crippen LogP contribution in [0.25, 0.3) is 20.8 Å². The molecule has 5 N–H and O–H groups in total. The summed E-state index contributed by atoms with van der Waals surface area (Å²) in [4.78, 5) is 18.4. The molecule has 3 heterocycles. The maximum absolute atomic E-state index is 10.7. The average molecular weight is 471 g/mol. The lowest BCUT2D eigenvalue weighted by Crippen LogP contribution is -2.42. The van der Waals surface area contributed by atoms with Crippen molar-refractivity contribution in [1.82, 2.24) is 19.9 Å². The van der Waals surface area contributed by atoms with Gasteiger partial charge in [-0.15, -0.1) is 11.3 Å². The van der Waals surface area contributed by atoms with Gasteiger partial charge in [0.05, 0.1) is 34.3 Å². The minimum absolute atomic E-state index is 0.00585. The van der Waals surface area contributed by atoms with E-state index in [2.05, 4.69) is 43.3 Å². The molecule has 0 aliphatic heterocycles. The summed E-state index contributed by atoms with van der Waals surface area (Å²) in [6.45, 7) is 10.4. The maximum atomic E-state index is 10.7. The number of aliphatic hydroxyl groups excluding tert-OH is 2. The highest BCUT2D eigenvalue weighted by molar-refractivity contribution is 7.21. The zero-order valence-electron chi connectivity index (χ0n) is 19.4. The third-order valence-electron chi connectivity index (χ3n) is 7.16. The van der Waals surface area contributed by atoms with Crippen LogP contribution in [0.4, 0.5) is 11.8 Å². The molecule has 6 atom stereocenters. The normalized spacial score (nSPS) is 29.7. The number of nitrogens with zero attached hydrogens (tertiary/aromatic N) is 4. The molecule has 2 aliphatic rings. The van der Waals surface area contributed by atoms with E-state index in [-0.39, 0.29) is 17.4 Å². The highest BCUT2D eigenvalue weighted by Crippen LogP contribution is 2.56. The third kappa shape index (κ3) is 3.65. The molecule has 0 spiro atoms. The minimum atomic E-state index is -1.44. The highest BCUT2D eigenvalue weighted by atomic mass is 32.1. The molecule has 2 saturated carbocycles. The first-order chi connectivity index (χ1) is 15.5. The second-order valence-corrected chi connectivity index (χ2v) is 11.4. The van der Waals surface area contributed by atoms with Crippen molar-refractivity contribution < 1.29 is 15.3 Å². The second-order valence-electron chi connectivity index (χ2n) is 10.3. The molecule has 0 radical (unpaired) electrons. The van der Waals surface area contributed by atoms with Crippen molar-refractivity contribution in [3.8, 4) is 10.6 Å². The van der Waals surface area contributed by atoms with E-state index >= 15 is 0 Å². The summed E-state index contributed by atoms with van der Waals surface area (Å²) in [5, 5.41) is 38.7. The Labute approximate surface area is 196 Å². The van der Waals surface area contributed by atoms with Gasteiger partial charge in [0.15, 0.2) is 0 Å². The Morgan fingerprint density at radius 3 is 2.58 bits per heavy atom. The average Bonchev–Trinajstić information content (AvgIpc) is 3.04. The molecule has 0 bridgehead atoms. The molecule has 3 aromatic heterocycles. The van der Waals surface area contributed by atoms with E-state index in [1.165, 1.54) is 11.3 Å². The van der Waals surface area contributed by atoms with Gasteiger partial charge in [0.25, 0.3) is 0 Å². The zero-order chi connectivity index (χ0) is 23.7. The number of anilines is 2. The van der Waals surface area contributed by atoms with Crippen LogP contribution in [0.3, 0.4) is 0 Å². The van der Waals surface area contributed by atoms with Gasteiger partial charge in [-0.05, 0) is 31.7 Å². The Balaban J connectivity index is 1.54. The molecular weight excluding hydrogens is 440 g/mol. The predicted octanol–water partition coefficient (Wildman–Crippen LogP) is 2.57. The Bertz CT molecular complexity index is 1180. The molecular formula is C23H30N6O3S. The number of thiazole rings is 1. The van der Waals surface area contributed by atoms with Crippen LogP contribution in [-0.2, 0) is 0 Å². The van der Waals surface area contributed by atoms with Crippen LogP contribution in [0.2, 0.25) is 0 Å². The molecule has 3 aromatic rings. The van der Waals surface area contributed by atoms with Gasteiger partial charge in [0, 0.05) is 18.2 Å². The molecule has 0 aromatic carbocycles. The molecule has 33 heavy (non-hydrogen) atoms. The summed E-state index contributed by atoms with van der Waals surface area (Å²) in [5.74, 6) is 0.699. The van der Waals surface area contributed by atoms with E-state index < -0.39 is 23.9 Å². The maximum Gasteiger partial charge on any atom is 0.225 e. The van der Waals surface area contributed by atoms with Gasteiger partial charge < -0.3 is 26.0 Å². The molecule has 2 aliphatic carbocycles. The van der Waals surface area contributed by atoms with E-state index in [9.17, 15) is 15.3 Å². The van der Waals surface area contributed by atoms with Crippen LogP contribution in [0.1, 0.15) is 39.8 Å². The van der Waals surface area contributed by atoms with E-state index in [4.69, 9.17) is 15.0 Å². The predicted molar refractivity (Wildman–Crippen MR) is 128 cm³/mol. The fraction of sp³-hybridized carbons (Fsp3) is 0.565. The molecule has 1 unspecified atom stereocenters. The van der Waals surface area contributed by atoms with E-state index in [0.717, 1.165) is 26.5 Å². The van der Waals surface area contributed by atoms with Crippen molar-refractivity contribution >= 4 is 33.3 Å². The van der Waals surface area contributed by atoms with Gasteiger partial charge in [-0.25, -0.2) is 9.97 Å². The summed E-state index contributed by atoms with van der Waals surface area (Å²) in [5.41, 5.74) is 0.866. The Hall–Kier alpha value is -2.40. The van der Waals surface area contributed by atoms with Crippen molar-refractivity contribution in [3.63, 3.8) is 0 Å². The second kappa shape index (κ2) is 7.56. The lowest BCUT2D eigenvalue weighted by Gasteiger charge is -2.29. The Kier molecular flexibility index (Phi) is 5.13. The van der Waals surface area contributed by atoms with Crippen LogP contribution < -0.4 is 10.6 Å². The Morgan fingerprint density at radius 2 is 1.94 bits per heavy atom. The summed E-state index contributed by atoms with van der Waals surface area (Å²) in [7, 11) is 0. The summed E-state index contributed by atoms with van der Waals surface area (Å²) in [6, 6.07) is 1.59. The van der Waals surface area contributed by atoms with Crippen molar-refractivity contribution in [1.29, 1.82) is 0 Å². The number of nitrogens with one attached hydrogen (secondary N) is 2. The van der Waals surface area contributed by atoms with Gasteiger partial charge in [0.1, 0.15) is 28.0 Å². The first kappa shape index (κ1) is 22.4. The number of aryl methyl sites for hydroxylation is 1. The fourth-order valence-electron chi connectivity index (χ4n) is 4.49. The minimum Gasteiger partial charge on any atom is -0.390 e. The largest absolute Gasteiger partial charge is 0.390 e. The molecule has 10 heteroatoms. The van der Waals surface area contributed by atoms with Gasteiger partial charge >= 0.3 is 0 Å².